The normalized spacial score (nSPS) is 14.2. The Balaban J connectivity index is 1.74. The highest BCUT2D eigenvalue weighted by molar-refractivity contribution is 7.92. The first-order valence-corrected chi connectivity index (χ1v) is 11.0. The summed E-state index contributed by atoms with van der Waals surface area (Å²) >= 11 is 5.75. The van der Waals surface area contributed by atoms with Crippen molar-refractivity contribution in [1.82, 2.24) is 5.32 Å². The number of amides is 1. The quantitative estimate of drug-likeness (QED) is 0.743. The van der Waals surface area contributed by atoms with Gasteiger partial charge in [0.15, 0.2) is 11.5 Å². The van der Waals surface area contributed by atoms with E-state index in [0.717, 1.165) is 28.3 Å². The van der Waals surface area contributed by atoms with E-state index in [2.05, 4.69) is 5.32 Å². The summed E-state index contributed by atoms with van der Waals surface area (Å²) < 4.78 is 49.6. The minimum atomic E-state index is -3.80. The number of rotatable bonds is 6. The molecule has 2 aromatic rings. The highest BCUT2D eigenvalue weighted by atomic mass is 35.5. The second-order valence-corrected chi connectivity index (χ2v) is 8.87. The summed E-state index contributed by atoms with van der Waals surface area (Å²) in [5.74, 6) is 0.0161. The molecule has 3 rings (SSSR count). The number of hydrogen-bond donors (Lipinski definition) is 1. The third-order valence-electron chi connectivity index (χ3n) is 4.32. The summed E-state index contributed by atoms with van der Waals surface area (Å²) in [5, 5.41) is 2.52. The summed E-state index contributed by atoms with van der Waals surface area (Å²) in [6.07, 6.45) is 0.960. The van der Waals surface area contributed by atoms with Crippen LogP contribution in [-0.4, -0.2) is 40.3 Å². The van der Waals surface area contributed by atoms with Crippen LogP contribution in [0.3, 0.4) is 0 Å². The standard InChI is InChI=1S/C19H20ClFN2O5S/c1-12(13-3-6-17-18(9-13)28-8-7-27-17)22-19(24)11-23(29(2,25)26)14-4-5-16(21)15(20)10-14/h3-6,9-10,12H,7-8,11H2,1-2H3,(H,22,24). The van der Waals surface area contributed by atoms with Crippen LogP contribution in [0.1, 0.15) is 18.5 Å². The molecule has 156 valence electrons. The molecule has 0 aliphatic carbocycles. The highest BCUT2D eigenvalue weighted by Gasteiger charge is 2.23. The van der Waals surface area contributed by atoms with Crippen LogP contribution in [0.5, 0.6) is 11.5 Å². The zero-order valence-corrected chi connectivity index (χ0v) is 17.4. The molecule has 0 fully saturated rings. The summed E-state index contributed by atoms with van der Waals surface area (Å²) in [4.78, 5) is 12.5. The number of sulfonamides is 1. The van der Waals surface area contributed by atoms with E-state index in [1.165, 1.54) is 6.07 Å². The monoisotopic (exact) mass is 442 g/mol. The van der Waals surface area contributed by atoms with E-state index < -0.39 is 34.3 Å². The van der Waals surface area contributed by atoms with Crippen molar-refractivity contribution >= 4 is 33.2 Å². The van der Waals surface area contributed by atoms with Crippen molar-refractivity contribution in [3.05, 3.63) is 52.8 Å². The van der Waals surface area contributed by atoms with E-state index in [-0.39, 0.29) is 10.7 Å². The van der Waals surface area contributed by atoms with Crippen LogP contribution in [0.2, 0.25) is 5.02 Å². The van der Waals surface area contributed by atoms with E-state index in [9.17, 15) is 17.6 Å². The summed E-state index contributed by atoms with van der Waals surface area (Å²) in [5.41, 5.74) is 0.874. The molecular formula is C19H20ClFN2O5S. The molecule has 0 radical (unpaired) electrons. The summed E-state index contributed by atoms with van der Waals surface area (Å²) in [6, 6.07) is 8.38. The predicted molar refractivity (Wildman–Crippen MR) is 108 cm³/mol. The van der Waals surface area contributed by atoms with Crippen LogP contribution < -0.4 is 19.1 Å². The Morgan fingerprint density at radius 2 is 1.90 bits per heavy atom. The number of ether oxygens (including phenoxy) is 2. The van der Waals surface area contributed by atoms with Crippen molar-refractivity contribution in [2.75, 3.05) is 30.3 Å². The van der Waals surface area contributed by atoms with Gasteiger partial charge >= 0.3 is 0 Å². The molecule has 29 heavy (non-hydrogen) atoms. The lowest BCUT2D eigenvalue weighted by atomic mass is 10.1. The number of nitrogens with zero attached hydrogens (tertiary/aromatic N) is 1. The highest BCUT2D eigenvalue weighted by Crippen LogP contribution is 2.32. The van der Waals surface area contributed by atoms with Gasteiger partial charge in [-0.15, -0.1) is 0 Å². The molecule has 1 atom stereocenters. The number of hydrogen-bond acceptors (Lipinski definition) is 5. The van der Waals surface area contributed by atoms with E-state index >= 15 is 0 Å². The van der Waals surface area contributed by atoms with Gasteiger partial charge in [0.2, 0.25) is 15.9 Å². The van der Waals surface area contributed by atoms with Gasteiger partial charge in [0.05, 0.1) is 23.0 Å². The molecule has 0 saturated carbocycles. The Labute approximate surface area is 173 Å². The number of fused-ring (bicyclic) bond motifs is 1. The lowest BCUT2D eigenvalue weighted by Gasteiger charge is -2.24. The number of carbonyl (C=O) groups excluding carboxylic acids is 1. The number of carbonyl (C=O) groups is 1. The summed E-state index contributed by atoms with van der Waals surface area (Å²) in [7, 11) is -3.80. The van der Waals surface area contributed by atoms with Gasteiger partial charge in [-0.3, -0.25) is 9.10 Å². The van der Waals surface area contributed by atoms with Crippen LogP contribution in [-0.2, 0) is 14.8 Å². The zero-order valence-electron chi connectivity index (χ0n) is 15.8. The van der Waals surface area contributed by atoms with Crippen LogP contribution in [0.15, 0.2) is 36.4 Å². The number of halogens is 2. The molecule has 0 saturated heterocycles. The van der Waals surface area contributed by atoms with Crippen molar-refractivity contribution < 1.29 is 27.1 Å². The molecule has 1 aliphatic heterocycles. The average Bonchev–Trinajstić information content (AvgIpc) is 2.67. The van der Waals surface area contributed by atoms with Crippen molar-refractivity contribution in [2.24, 2.45) is 0 Å². The van der Waals surface area contributed by atoms with Gasteiger partial charge in [0, 0.05) is 0 Å². The summed E-state index contributed by atoms with van der Waals surface area (Å²) in [6.45, 7) is 2.21. The number of nitrogens with one attached hydrogen (secondary N) is 1. The lowest BCUT2D eigenvalue weighted by molar-refractivity contribution is -0.120. The largest absolute Gasteiger partial charge is 0.486 e. The Morgan fingerprint density at radius 1 is 1.21 bits per heavy atom. The molecule has 0 bridgehead atoms. The first-order valence-electron chi connectivity index (χ1n) is 8.77. The maximum Gasteiger partial charge on any atom is 0.241 e. The van der Waals surface area contributed by atoms with E-state index in [0.29, 0.717) is 24.7 Å². The maximum atomic E-state index is 13.4. The molecule has 1 N–H and O–H groups in total. The second-order valence-electron chi connectivity index (χ2n) is 6.56. The average molecular weight is 443 g/mol. The van der Waals surface area contributed by atoms with Gasteiger partial charge in [0.1, 0.15) is 25.6 Å². The van der Waals surface area contributed by atoms with Gasteiger partial charge in [0.25, 0.3) is 0 Å². The van der Waals surface area contributed by atoms with E-state index in [4.69, 9.17) is 21.1 Å². The fraction of sp³-hybridized carbons (Fsp3) is 0.316. The molecule has 1 heterocycles. The molecule has 1 amide bonds. The Morgan fingerprint density at radius 3 is 2.55 bits per heavy atom. The molecule has 7 nitrogen and oxygen atoms in total. The van der Waals surface area contributed by atoms with Crippen LogP contribution in [0, 0.1) is 5.82 Å². The van der Waals surface area contributed by atoms with Gasteiger partial charge in [-0.2, -0.15) is 0 Å². The fourth-order valence-corrected chi connectivity index (χ4v) is 3.89. The minimum absolute atomic E-state index is 0.0982. The van der Waals surface area contributed by atoms with Gasteiger partial charge in [-0.05, 0) is 42.8 Å². The Bertz CT molecular complexity index is 1030. The molecule has 0 aromatic heterocycles. The molecule has 1 unspecified atom stereocenters. The predicted octanol–water partition coefficient (Wildman–Crippen LogP) is 2.89. The van der Waals surface area contributed by atoms with Crippen molar-refractivity contribution in [3.63, 3.8) is 0 Å². The topological polar surface area (TPSA) is 84.9 Å². The Kier molecular flexibility index (Phi) is 6.18. The van der Waals surface area contributed by atoms with Gasteiger partial charge < -0.3 is 14.8 Å². The molecular weight excluding hydrogens is 423 g/mol. The minimum Gasteiger partial charge on any atom is -0.486 e. The van der Waals surface area contributed by atoms with Crippen molar-refractivity contribution in [1.29, 1.82) is 0 Å². The van der Waals surface area contributed by atoms with E-state index in [1.807, 2.05) is 0 Å². The lowest BCUT2D eigenvalue weighted by Crippen LogP contribution is -2.41. The fourth-order valence-electron chi connectivity index (χ4n) is 2.87. The first kappa shape index (κ1) is 21.2. The molecule has 1 aliphatic rings. The first-order chi connectivity index (χ1) is 13.6. The third-order valence-corrected chi connectivity index (χ3v) is 5.75. The van der Waals surface area contributed by atoms with Crippen molar-refractivity contribution in [3.8, 4) is 11.5 Å². The SMILES string of the molecule is CC(NC(=O)CN(c1ccc(F)c(Cl)c1)S(C)(=O)=O)c1ccc2c(c1)OCCO2. The van der Waals surface area contributed by atoms with Gasteiger partial charge in [-0.1, -0.05) is 17.7 Å². The van der Waals surface area contributed by atoms with Crippen LogP contribution in [0.25, 0.3) is 0 Å². The molecule has 0 spiro atoms. The smallest absolute Gasteiger partial charge is 0.241 e. The zero-order chi connectivity index (χ0) is 21.2. The van der Waals surface area contributed by atoms with Gasteiger partial charge in [-0.25, -0.2) is 12.8 Å². The molecule has 10 heteroatoms. The number of anilines is 1. The number of benzene rings is 2. The molecule has 2 aromatic carbocycles. The van der Waals surface area contributed by atoms with E-state index in [1.54, 1.807) is 25.1 Å². The Hall–Kier alpha value is -2.52. The maximum absolute atomic E-state index is 13.4. The van der Waals surface area contributed by atoms with Crippen LogP contribution in [0.4, 0.5) is 10.1 Å². The second kappa shape index (κ2) is 8.46. The van der Waals surface area contributed by atoms with Crippen molar-refractivity contribution in [2.45, 2.75) is 13.0 Å². The third kappa shape index (κ3) is 5.10. The van der Waals surface area contributed by atoms with Crippen LogP contribution >= 0.6 is 11.6 Å².